The molecule has 0 unspecified atom stereocenters. The second-order valence-corrected chi connectivity index (χ2v) is 4.18. The number of carbonyl (C=O) groups excluding carboxylic acids is 1. The molecule has 0 atom stereocenters. The minimum atomic E-state index is 0.107. The summed E-state index contributed by atoms with van der Waals surface area (Å²) in [5, 5.41) is 1.68. The maximum absolute atomic E-state index is 11.8. The van der Waals surface area contributed by atoms with Gasteiger partial charge in [0.05, 0.1) is 12.2 Å². The first-order valence-corrected chi connectivity index (χ1v) is 5.90. The van der Waals surface area contributed by atoms with Crippen LogP contribution >= 0.6 is 0 Å². The van der Waals surface area contributed by atoms with E-state index in [2.05, 4.69) is 10.3 Å². The summed E-state index contributed by atoms with van der Waals surface area (Å²) in [7, 11) is 3.99. The molecule has 0 aliphatic heterocycles. The van der Waals surface area contributed by atoms with Crippen molar-refractivity contribution in [1.29, 1.82) is 0 Å². The maximum atomic E-state index is 11.8. The van der Waals surface area contributed by atoms with Crippen LogP contribution in [-0.4, -0.2) is 43.0 Å². The number of para-hydroxylation sites is 1. The molecule has 1 aromatic carbocycles. The second-order valence-electron chi connectivity index (χ2n) is 4.18. The molecule has 0 saturated carbocycles. The van der Waals surface area contributed by atoms with Crippen LogP contribution in [0, 0.1) is 0 Å². The van der Waals surface area contributed by atoms with Gasteiger partial charge in [-0.3, -0.25) is 15.2 Å². The second kappa shape index (κ2) is 6.91. The third kappa shape index (κ3) is 4.87. The van der Waals surface area contributed by atoms with E-state index in [1.54, 1.807) is 5.01 Å². The van der Waals surface area contributed by atoms with Crippen molar-refractivity contribution < 1.29 is 4.79 Å². The van der Waals surface area contributed by atoms with Crippen LogP contribution in [0.15, 0.2) is 30.3 Å². The topological polar surface area (TPSA) is 35.6 Å². The minimum absolute atomic E-state index is 0.107. The lowest BCUT2D eigenvalue weighted by Crippen LogP contribution is -2.40. The van der Waals surface area contributed by atoms with Crippen molar-refractivity contribution >= 4 is 11.6 Å². The predicted molar refractivity (Wildman–Crippen MR) is 70.6 cm³/mol. The normalized spacial score (nSPS) is 10.4. The van der Waals surface area contributed by atoms with Gasteiger partial charge in [0.1, 0.15) is 0 Å². The summed E-state index contributed by atoms with van der Waals surface area (Å²) in [6, 6.07) is 9.75. The highest BCUT2D eigenvalue weighted by atomic mass is 16.2. The van der Waals surface area contributed by atoms with Crippen molar-refractivity contribution in [1.82, 2.24) is 9.91 Å². The Morgan fingerprint density at radius 1 is 1.18 bits per heavy atom. The summed E-state index contributed by atoms with van der Waals surface area (Å²) in [4.78, 5) is 13.8. The molecule has 0 radical (unpaired) electrons. The van der Waals surface area contributed by atoms with Crippen LogP contribution in [0.2, 0.25) is 0 Å². The molecule has 94 valence electrons. The highest BCUT2D eigenvalue weighted by Gasteiger charge is 2.11. The van der Waals surface area contributed by atoms with Crippen LogP contribution < -0.4 is 5.43 Å². The molecule has 0 fully saturated rings. The molecule has 0 spiro atoms. The molecule has 0 heterocycles. The summed E-state index contributed by atoms with van der Waals surface area (Å²) in [6.07, 6.45) is 0.507. The smallest absolute Gasteiger partial charge is 0.240 e. The quantitative estimate of drug-likeness (QED) is 0.764. The first-order valence-electron chi connectivity index (χ1n) is 5.90. The Morgan fingerprint density at radius 3 is 2.35 bits per heavy atom. The van der Waals surface area contributed by atoms with Crippen LogP contribution in [-0.2, 0) is 4.79 Å². The summed E-state index contributed by atoms with van der Waals surface area (Å²) in [5.41, 5.74) is 4.08. The van der Waals surface area contributed by atoms with Crippen LogP contribution in [0.5, 0.6) is 0 Å². The van der Waals surface area contributed by atoms with Crippen LogP contribution in [0.1, 0.15) is 13.3 Å². The molecule has 1 rings (SSSR count). The van der Waals surface area contributed by atoms with Crippen LogP contribution in [0.25, 0.3) is 0 Å². The Labute approximate surface area is 103 Å². The molecular weight excluding hydrogens is 214 g/mol. The molecular formula is C13H21N3O. The number of hydrazine groups is 1. The fraction of sp³-hybridized carbons (Fsp3) is 0.462. The number of hydrogen-bond donors (Lipinski definition) is 1. The Kier molecular flexibility index (Phi) is 5.49. The van der Waals surface area contributed by atoms with Crippen LogP contribution in [0.4, 0.5) is 5.69 Å². The van der Waals surface area contributed by atoms with Crippen molar-refractivity contribution in [2.24, 2.45) is 0 Å². The molecule has 1 amide bonds. The third-order valence-corrected chi connectivity index (χ3v) is 2.41. The molecule has 0 saturated heterocycles. The van der Waals surface area contributed by atoms with E-state index < -0.39 is 0 Å². The highest BCUT2D eigenvalue weighted by molar-refractivity contribution is 5.77. The van der Waals surface area contributed by atoms with E-state index in [9.17, 15) is 4.79 Å². The minimum Gasteiger partial charge on any atom is -0.308 e. The Bertz CT molecular complexity index is 338. The zero-order chi connectivity index (χ0) is 12.7. The molecule has 0 aliphatic carbocycles. The number of nitrogens with one attached hydrogen (secondary N) is 1. The van der Waals surface area contributed by atoms with Crippen molar-refractivity contribution in [3.05, 3.63) is 30.3 Å². The average Bonchev–Trinajstić information content (AvgIpc) is 2.34. The molecule has 17 heavy (non-hydrogen) atoms. The monoisotopic (exact) mass is 235 g/mol. The maximum Gasteiger partial charge on any atom is 0.240 e. The number of hydrogen-bond acceptors (Lipinski definition) is 3. The highest BCUT2D eigenvalue weighted by Crippen LogP contribution is 2.07. The number of nitrogens with zero attached hydrogens (tertiary/aromatic N) is 2. The lowest BCUT2D eigenvalue weighted by molar-refractivity contribution is -0.129. The van der Waals surface area contributed by atoms with Crippen molar-refractivity contribution in [2.75, 3.05) is 32.6 Å². The van der Waals surface area contributed by atoms with E-state index >= 15 is 0 Å². The molecule has 4 nitrogen and oxygen atoms in total. The van der Waals surface area contributed by atoms with Gasteiger partial charge in [-0.25, -0.2) is 0 Å². The molecule has 4 heteroatoms. The van der Waals surface area contributed by atoms with Gasteiger partial charge in [0.25, 0.3) is 0 Å². The molecule has 1 aromatic rings. The lowest BCUT2D eigenvalue weighted by Gasteiger charge is -2.25. The molecule has 0 aliphatic rings. The summed E-state index contributed by atoms with van der Waals surface area (Å²) in [6.45, 7) is 3.39. The Morgan fingerprint density at radius 2 is 1.82 bits per heavy atom. The van der Waals surface area contributed by atoms with Gasteiger partial charge < -0.3 is 4.90 Å². The Hall–Kier alpha value is -1.55. The third-order valence-electron chi connectivity index (χ3n) is 2.41. The van der Waals surface area contributed by atoms with Gasteiger partial charge in [-0.1, -0.05) is 25.1 Å². The number of amides is 1. The van der Waals surface area contributed by atoms with E-state index in [4.69, 9.17) is 0 Å². The largest absolute Gasteiger partial charge is 0.308 e. The van der Waals surface area contributed by atoms with Crippen molar-refractivity contribution in [3.63, 3.8) is 0 Å². The SMILES string of the molecule is CCC(=O)N(CCN(C)C)Nc1ccccc1. The fourth-order valence-corrected chi connectivity index (χ4v) is 1.40. The summed E-state index contributed by atoms with van der Waals surface area (Å²) in [5.74, 6) is 0.107. The number of carbonyl (C=O) groups is 1. The van der Waals surface area contributed by atoms with Gasteiger partial charge in [0, 0.05) is 13.0 Å². The number of rotatable bonds is 6. The van der Waals surface area contributed by atoms with E-state index in [0.717, 1.165) is 12.2 Å². The molecule has 0 bridgehead atoms. The molecule has 0 aromatic heterocycles. The van der Waals surface area contributed by atoms with Crippen LogP contribution in [0.3, 0.4) is 0 Å². The van der Waals surface area contributed by atoms with Gasteiger partial charge in [-0.15, -0.1) is 0 Å². The standard InChI is InChI=1S/C13H21N3O/c1-4-13(17)16(11-10-15(2)3)14-12-8-6-5-7-9-12/h5-9,14H,4,10-11H2,1-3H3. The van der Waals surface area contributed by atoms with Gasteiger partial charge >= 0.3 is 0 Å². The zero-order valence-corrected chi connectivity index (χ0v) is 10.8. The van der Waals surface area contributed by atoms with Crippen molar-refractivity contribution in [2.45, 2.75) is 13.3 Å². The number of anilines is 1. The summed E-state index contributed by atoms with van der Waals surface area (Å²) >= 11 is 0. The van der Waals surface area contributed by atoms with E-state index in [1.165, 1.54) is 0 Å². The predicted octanol–water partition coefficient (Wildman–Crippen LogP) is 1.81. The van der Waals surface area contributed by atoms with E-state index in [1.807, 2.05) is 51.4 Å². The van der Waals surface area contributed by atoms with Crippen molar-refractivity contribution in [3.8, 4) is 0 Å². The van der Waals surface area contributed by atoms with Gasteiger partial charge in [-0.05, 0) is 26.2 Å². The molecule has 1 N–H and O–H groups in total. The van der Waals surface area contributed by atoms with Gasteiger partial charge in [-0.2, -0.15) is 0 Å². The first-order chi connectivity index (χ1) is 8.13. The van der Waals surface area contributed by atoms with E-state index in [-0.39, 0.29) is 5.91 Å². The lowest BCUT2D eigenvalue weighted by atomic mass is 10.3. The zero-order valence-electron chi connectivity index (χ0n) is 10.8. The summed E-state index contributed by atoms with van der Waals surface area (Å²) < 4.78 is 0. The van der Waals surface area contributed by atoms with Gasteiger partial charge in [0.2, 0.25) is 5.91 Å². The first kappa shape index (κ1) is 13.5. The number of benzene rings is 1. The average molecular weight is 235 g/mol. The van der Waals surface area contributed by atoms with E-state index in [0.29, 0.717) is 13.0 Å². The fourth-order valence-electron chi connectivity index (χ4n) is 1.40. The van der Waals surface area contributed by atoms with Gasteiger partial charge in [0.15, 0.2) is 0 Å². The Balaban J connectivity index is 2.60. The number of likely N-dealkylation sites (N-methyl/N-ethyl adjacent to an activating group) is 1.